The first-order valence-corrected chi connectivity index (χ1v) is 11.2. The first-order chi connectivity index (χ1) is 12.7. The first-order valence-electron chi connectivity index (χ1n) is 7.55. The van der Waals surface area contributed by atoms with Crippen molar-refractivity contribution < 1.29 is 38.9 Å². The molecule has 3 rings (SSSR count). The molecule has 0 aliphatic carbocycles. The number of aliphatic hydroxyl groups excluding tert-OH is 1. The van der Waals surface area contributed by atoms with E-state index < -0.39 is 54.8 Å². The van der Waals surface area contributed by atoms with Crippen LogP contribution in [0.4, 0.5) is 0 Å². The third-order valence-electron chi connectivity index (χ3n) is 4.17. The van der Waals surface area contributed by atoms with Gasteiger partial charge in [-0.3, -0.25) is 23.8 Å². The van der Waals surface area contributed by atoms with Crippen LogP contribution < -0.4 is 5.32 Å². The number of carboxylic acids is 1. The molecule has 5 N–H and O–H groups in total. The molecule has 2 aliphatic heterocycles. The van der Waals surface area contributed by atoms with Crippen molar-refractivity contribution >= 4 is 137 Å². The predicted octanol–water partition coefficient (Wildman–Crippen LogP) is -2.25. The van der Waals surface area contributed by atoms with Gasteiger partial charge in [-0.05, 0) is 28.0 Å². The third kappa shape index (κ3) is 6.25. The number of β-lactam (4-membered cyclic amide) rings is 1. The van der Waals surface area contributed by atoms with Gasteiger partial charge in [0.1, 0.15) is 16.9 Å². The fourth-order valence-corrected chi connectivity index (χ4v) is 6.23. The second-order valence-electron chi connectivity index (χ2n) is 5.85. The maximum absolute atomic E-state index is 12.4. The van der Waals surface area contributed by atoms with E-state index in [0.29, 0.717) is 0 Å². The molecule has 0 spiro atoms. The Kier molecular flexibility index (Phi) is 13.2. The molecule has 1 aromatic heterocycles. The van der Waals surface area contributed by atoms with E-state index in [9.17, 15) is 38.9 Å². The van der Waals surface area contributed by atoms with E-state index >= 15 is 0 Å². The summed E-state index contributed by atoms with van der Waals surface area (Å²) in [5.41, 5.74) is -0.218. The average Bonchev–Trinajstić information content (AvgIpc) is 3.11. The van der Waals surface area contributed by atoms with Gasteiger partial charge in [-0.15, -0.1) is 11.8 Å². The first kappa shape index (κ1) is 31.3. The Labute approximate surface area is 246 Å². The van der Waals surface area contributed by atoms with Gasteiger partial charge in [0.25, 0.3) is 5.91 Å². The third-order valence-corrected chi connectivity index (χ3v) is 7.29. The standard InChI is InChI=1S/C14H15N2O8PS2.3Na.3H/c17-3-7-5-27-13-9(11(19)16(13)12(7)25(22,23)24)15-10(18)8(14(20)21)6-1-2-26-4-6;;;;;;/h1-2,4,8-9,13,17H,3,5H2,(H,15,18)(H,20,21)(H2,22,23,24);;;;;;/t8?,9-,13-;;;;;;/m1....../s1. The van der Waals surface area contributed by atoms with Crippen molar-refractivity contribution in [2.24, 2.45) is 0 Å². The van der Waals surface area contributed by atoms with Crippen molar-refractivity contribution in [3.05, 3.63) is 33.4 Å². The number of fused-ring (bicyclic) bond motifs is 1. The van der Waals surface area contributed by atoms with Gasteiger partial charge in [0, 0.05) is 5.75 Å². The van der Waals surface area contributed by atoms with Crippen LogP contribution in [0.25, 0.3) is 0 Å². The Morgan fingerprint density at radius 2 is 1.93 bits per heavy atom. The Balaban J connectivity index is 0.00000280. The van der Waals surface area contributed by atoms with Crippen LogP contribution in [0.15, 0.2) is 27.8 Å². The number of aliphatic carboxylic acids is 1. The number of carbonyl (C=O) groups excluding carboxylic acids is 2. The zero-order valence-corrected chi connectivity index (χ0v) is 16.0. The minimum atomic E-state index is -4.82. The summed E-state index contributed by atoms with van der Waals surface area (Å²) in [6, 6.07) is 0.389. The summed E-state index contributed by atoms with van der Waals surface area (Å²) in [5, 5.41) is 23.4. The van der Waals surface area contributed by atoms with Crippen molar-refractivity contribution in [2.75, 3.05) is 12.4 Å². The van der Waals surface area contributed by atoms with Crippen LogP contribution >= 0.6 is 30.7 Å². The topological polar surface area (TPSA) is 164 Å². The molecule has 0 radical (unpaired) electrons. The van der Waals surface area contributed by atoms with E-state index in [4.69, 9.17) is 0 Å². The van der Waals surface area contributed by atoms with Crippen LogP contribution in [0.2, 0.25) is 0 Å². The number of rotatable bonds is 6. The van der Waals surface area contributed by atoms with Crippen molar-refractivity contribution in [1.82, 2.24) is 10.2 Å². The predicted molar refractivity (Wildman–Crippen MR) is 117 cm³/mol. The quantitative estimate of drug-likeness (QED) is 0.124. The molecule has 1 fully saturated rings. The van der Waals surface area contributed by atoms with Crippen LogP contribution in [-0.4, -0.2) is 155 Å². The zero-order valence-electron chi connectivity index (χ0n) is 13.5. The molecule has 152 valence electrons. The number of thiophene rings is 1. The molecule has 10 nitrogen and oxygen atoms in total. The molecule has 1 aromatic rings. The Hall–Kier alpha value is 1.31. The fourth-order valence-electron chi connectivity index (χ4n) is 2.96. The number of aliphatic hydroxyl groups is 1. The monoisotopic (exact) mass is 506 g/mol. The Morgan fingerprint density at radius 3 is 2.40 bits per heavy atom. The maximum atomic E-state index is 12.4. The molecule has 30 heavy (non-hydrogen) atoms. The number of hydrogen-bond acceptors (Lipinski definition) is 7. The summed E-state index contributed by atoms with van der Waals surface area (Å²) in [5.74, 6) is -4.43. The number of thioether (sulfide) groups is 1. The molecule has 2 aliphatic rings. The van der Waals surface area contributed by atoms with Gasteiger partial charge in [-0.25, -0.2) is 0 Å². The average molecular weight is 506 g/mol. The van der Waals surface area contributed by atoms with Gasteiger partial charge in [-0.1, -0.05) is 0 Å². The normalized spacial score (nSPS) is 21.2. The van der Waals surface area contributed by atoms with Gasteiger partial charge in [0.2, 0.25) is 5.91 Å². The van der Waals surface area contributed by atoms with Crippen molar-refractivity contribution in [3.63, 3.8) is 0 Å². The number of carbonyl (C=O) groups is 3. The second kappa shape index (κ2) is 12.7. The van der Waals surface area contributed by atoms with Crippen molar-refractivity contribution in [3.8, 4) is 0 Å². The van der Waals surface area contributed by atoms with Crippen LogP contribution in [0.5, 0.6) is 0 Å². The van der Waals surface area contributed by atoms with Crippen LogP contribution in [0.3, 0.4) is 0 Å². The van der Waals surface area contributed by atoms with Crippen LogP contribution in [0, 0.1) is 0 Å². The summed E-state index contributed by atoms with van der Waals surface area (Å²) in [7, 11) is -4.82. The summed E-state index contributed by atoms with van der Waals surface area (Å²) in [4.78, 5) is 56.2. The number of nitrogens with zero attached hydrogens (tertiary/aromatic N) is 1. The van der Waals surface area contributed by atoms with E-state index in [-0.39, 0.29) is 106 Å². The van der Waals surface area contributed by atoms with E-state index in [1.54, 1.807) is 5.38 Å². The van der Waals surface area contributed by atoms with Gasteiger partial charge in [0.15, 0.2) is 5.92 Å². The molecule has 0 bridgehead atoms. The number of hydrogen-bond donors (Lipinski definition) is 5. The Morgan fingerprint density at radius 1 is 1.30 bits per heavy atom. The minimum absolute atomic E-state index is 0. The molecule has 0 saturated carbocycles. The number of carboxylic acid groups (broad SMARTS) is 1. The molecular weight excluding hydrogens is 488 g/mol. The summed E-state index contributed by atoms with van der Waals surface area (Å²) < 4.78 is 11.7. The van der Waals surface area contributed by atoms with E-state index in [1.807, 2.05) is 0 Å². The van der Waals surface area contributed by atoms with E-state index in [0.717, 1.165) is 16.7 Å². The van der Waals surface area contributed by atoms with Gasteiger partial charge in [0.05, 0.1) is 6.61 Å². The fraction of sp³-hybridized carbons (Fsp3) is 0.357. The number of amides is 2. The Bertz CT molecular complexity index is 879. The molecule has 3 atom stereocenters. The summed E-state index contributed by atoms with van der Waals surface area (Å²) in [6.45, 7) is -0.611. The summed E-state index contributed by atoms with van der Waals surface area (Å²) in [6.07, 6.45) is 0. The molecule has 2 amide bonds. The molecule has 1 saturated heterocycles. The van der Waals surface area contributed by atoms with Crippen molar-refractivity contribution in [2.45, 2.75) is 17.3 Å². The van der Waals surface area contributed by atoms with Crippen LogP contribution in [-0.2, 0) is 18.9 Å². The SMILES string of the molecule is O=C(O)C(C(=O)N[C@@H]1C(=O)N2C(P(=O)(O)O)=C(CO)CS[C@H]12)c1ccsc1.[NaH].[NaH].[NaH]. The second-order valence-corrected chi connectivity index (χ2v) is 9.25. The molecule has 16 heteroatoms. The van der Waals surface area contributed by atoms with Crippen molar-refractivity contribution in [1.29, 1.82) is 0 Å². The number of nitrogens with one attached hydrogen (secondary N) is 1. The molecule has 3 heterocycles. The molecule has 0 aromatic carbocycles. The molecule has 1 unspecified atom stereocenters. The van der Waals surface area contributed by atoms with Gasteiger partial charge >= 0.3 is 102 Å². The van der Waals surface area contributed by atoms with Gasteiger partial charge < -0.3 is 25.3 Å². The zero-order chi connectivity index (χ0) is 19.9. The summed E-state index contributed by atoms with van der Waals surface area (Å²) >= 11 is 2.35. The van der Waals surface area contributed by atoms with Gasteiger partial charge in [-0.2, -0.15) is 11.3 Å². The van der Waals surface area contributed by atoms with E-state index in [2.05, 4.69) is 5.32 Å². The van der Waals surface area contributed by atoms with E-state index in [1.165, 1.54) is 22.8 Å². The molecular formula is C14H18N2Na3O8PS2. The van der Waals surface area contributed by atoms with Crippen LogP contribution in [0.1, 0.15) is 11.5 Å².